The first-order valence-electron chi connectivity index (χ1n) is 4.97. The summed E-state index contributed by atoms with van der Waals surface area (Å²) in [7, 11) is 2.25. The molecule has 0 rings (SSSR count). The van der Waals surface area contributed by atoms with E-state index < -0.39 is 0 Å². The van der Waals surface area contributed by atoms with Crippen LogP contribution in [-0.4, -0.2) is 50.2 Å². The fourth-order valence-electron chi connectivity index (χ4n) is 0.742. The third-order valence-corrected chi connectivity index (χ3v) is 9.84. The zero-order chi connectivity index (χ0) is 10.9. The highest BCUT2D eigenvalue weighted by molar-refractivity contribution is 6.46. The van der Waals surface area contributed by atoms with Gasteiger partial charge in [0.15, 0.2) is 9.84 Å². The van der Waals surface area contributed by atoms with Gasteiger partial charge in [-0.15, -0.1) is 0 Å². The fourth-order valence-corrected chi connectivity index (χ4v) is 6.47. The first-order valence-corrected chi connectivity index (χ1v) is 8.03. The van der Waals surface area contributed by atoms with Crippen molar-refractivity contribution in [3.8, 4) is 0 Å². The summed E-state index contributed by atoms with van der Waals surface area (Å²) < 4.78 is 5.34. The molecule has 5 heteroatoms. The molecule has 0 amide bonds. The molecule has 0 spiro atoms. The Morgan fingerprint density at radius 1 is 0.769 bits per heavy atom. The van der Waals surface area contributed by atoms with Crippen LogP contribution in [0.2, 0.25) is 0 Å². The molecule has 0 aromatic heterocycles. The maximum absolute atomic E-state index is 2.67. The van der Waals surface area contributed by atoms with E-state index in [2.05, 4.69) is 50.0 Å². The summed E-state index contributed by atoms with van der Waals surface area (Å²) in [6.45, 7) is 13.9. The van der Waals surface area contributed by atoms with E-state index in [1.807, 2.05) is 0 Å². The average molecular weight is 235 g/mol. The average Bonchev–Trinajstić information content (AvgIpc) is 1.82. The lowest BCUT2D eigenvalue weighted by Gasteiger charge is -2.41. The Labute approximate surface area is 92.0 Å². The van der Waals surface area contributed by atoms with Crippen LogP contribution in [0.1, 0.15) is 41.5 Å². The second-order valence-corrected chi connectivity index (χ2v) is 12.7. The zero-order valence-corrected chi connectivity index (χ0v) is 16.0. The Hall–Kier alpha value is 0.571. The number of hydrogen-bond donors (Lipinski definition) is 0. The minimum absolute atomic E-state index is 0.158. The Kier molecular flexibility index (Phi) is 4.59. The molecule has 0 unspecified atom stereocenters. The molecule has 0 aromatic carbocycles. The van der Waals surface area contributed by atoms with Crippen LogP contribution in [0.4, 0.5) is 0 Å². The quantitative estimate of drug-likeness (QED) is 0.551. The molecule has 0 radical (unpaired) electrons. The highest BCUT2D eigenvalue weighted by atomic mass is 28.3. The van der Waals surface area contributed by atoms with Crippen molar-refractivity contribution in [2.24, 2.45) is 0 Å². The highest BCUT2D eigenvalue weighted by Crippen LogP contribution is 2.13. The molecule has 0 heterocycles. The molecule has 2 nitrogen and oxygen atoms in total. The van der Waals surface area contributed by atoms with Crippen LogP contribution in [0, 0.1) is 0 Å². The maximum atomic E-state index is 2.67. The van der Waals surface area contributed by atoms with E-state index in [1.165, 1.54) is 20.8 Å². The predicted molar refractivity (Wildman–Crippen MR) is 71.6 cm³/mol. The molecule has 0 saturated carbocycles. The third kappa shape index (κ3) is 5.12. The lowest BCUT2D eigenvalue weighted by atomic mass is 10.1. The van der Waals surface area contributed by atoms with Crippen molar-refractivity contribution in [2.75, 3.05) is 0 Å². The van der Waals surface area contributed by atoms with E-state index >= 15 is 0 Å². The van der Waals surface area contributed by atoms with Gasteiger partial charge < -0.3 is 8.46 Å². The van der Waals surface area contributed by atoms with Crippen LogP contribution < -0.4 is 0 Å². The highest BCUT2D eigenvalue weighted by Gasteiger charge is 2.22. The standard InChI is InChI=1S/C8H26N2Si3/c1-7(2,3)9(11)13-10(12)8(4,5)6/h13H2,1-6,11-12H3. The maximum Gasteiger partial charge on any atom is 0.159 e. The first kappa shape index (κ1) is 13.6. The Balaban J connectivity index is 4.15. The number of nitrogens with zero attached hydrogens (tertiary/aromatic N) is 2. The predicted octanol–water partition coefficient (Wildman–Crippen LogP) is -1.25. The molecule has 0 fully saturated rings. The zero-order valence-electron chi connectivity index (χ0n) is 10.6. The van der Waals surface area contributed by atoms with E-state index in [-0.39, 0.29) is 9.84 Å². The molecule has 0 N–H and O–H groups in total. The van der Waals surface area contributed by atoms with E-state index in [9.17, 15) is 0 Å². The fraction of sp³-hybridized carbons (Fsp3) is 1.00. The summed E-state index contributed by atoms with van der Waals surface area (Å²) in [5.41, 5.74) is 0.790. The third-order valence-electron chi connectivity index (χ3n) is 2.71. The molecular formula is C8H26N2Si3. The van der Waals surface area contributed by atoms with Gasteiger partial charge in [0.05, 0.1) is 20.8 Å². The molecule has 80 valence electrons. The summed E-state index contributed by atoms with van der Waals surface area (Å²) in [6, 6.07) is 0. The Morgan fingerprint density at radius 2 is 1.00 bits per heavy atom. The summed E-state index contributed by atoms with van der Waals surface area (Å²) in [5, 5.41) is 0. The SMILES string of the molecule is CC(C)(C)N([SiH3])[SiH2]N([SiH3])C(C)(C)C. The Bertz CT molecular complexity index is 142. The first-order chi connectivity index (χ1) is 5.55. The van der Waals surface area contributed by atoms with Crippen LogP contribution in [-0.2, 0) is 0 Å². The molecule has 0 saturated heterocycles. The van der Waals surface area contributed by atoms with E-state index in [4.69, 9.17) is 0 Å². The second kappa shape index (κ2) is 4.39. The van der Waals surface area contributed by atoms with Gasteiger partial charge in [-0.2, -0.15) is 0 Å². The van der Waals surface area contributed by atoms with Gasteiger partial charge in [0, 0.05) is 0 Å². The largest absolute Gasteiger partial charge is 0.342 e. The summed E-state index contributed by atoms with van der Waals surface area (Å²) in [5.74, 6) is 0. The van der Waals surface area contributed by atoms with Crippen molar-refractivity contribution in [1.82, 2.24) is 8.46 Å². The molecular weight excluding hydrogens is 208 g/mol. The van der Waals surface area contributed by atoms with Gasteiger partial charge in [0.2, 0.25) is 0 Å². The van der Waals surface area contributed by atoms with Crippen molar-refractivity contribution in [3.05, 3.63) is 0 Å². The van der Waals surface area contributed by atoms with Crippen molar-refractivity contribution in [1.29, 1.82) is 0 Å². The van der Waals surface area contributed by atoms with E-state index in [0.29, 0.717) is 11.1 Å². The number of hydrogen-bond acceptors (Lipinski definition) is 2. The van der Waals surface area contributed by atoms with Crippen LogP contribution in [0.5, 0.6) is 0 Å². The Morgan fingerprint density at radius 3 is 1.15 bits per heavy atom. The molecule has 13 heavy (non-hydrogen) atoms. The smallest absolute Gasteiger partial charge is 0.159 e. The number of rotatable bonds is 2. The van der Waals surface area contributed by atoms with Gasteiger partial charge in [-0.05, 0) is 52.6 Å². The van der Waals surface area contributed by atoms with Gasteiger partial charge >= 0.3 is 0 Å². The van der Waals surface area contributed by atoms with Crippen LogP contribution in [0.3, 0.4) is 0 Å². The lowest BCUT2D eigenvalue weighted by Crippen LogP contribution is -2.53. The van der Waals surface area contributed by atoms with Crippen LogP contribution in [0.15, 0.2) is 0 Å². The van der Waals surface area contributed by atoms with E-state index in [0.717, 1.165) is 0 Å². The summed E-state index contributed by atoms with van der Waals surface area (Å²) in [4.78, 5) is 0. The topological polar surface area (TPSA) is 6.48 Å². The lowest BCUT2D eigenvalue weighted by molar-refractivity contribution is 0.323. The molecule has 0 bridgehead atoms. The van der Waals surface area contributed by atoms with Crippen LogP contribution in [0.25, 0.3) is 0 Å². The minimum atomic E-state index is -0.158. The molecule has 0 aliphatic carbocycles. The summed E-state index contributed by atoms with van der Waals surface area (Å²) >= 11 is 0. The van der Waals surface area contributed by atoms with Gasteiger partial charge in [-0.25, -0.2) is 0 Å². The van der Waals surface area contributed by atoms with Gasteiger partial charge in [0.1, 0.15) is 0 Å². The van der Waals surface area contributed by atoms with Gasteiger partial charge in [-0.3, -0.25) is 0 Å². The molecule has 0 aliphatic rings. The van der Waals surface area contributed by atoms with Gasteiger partial charge in [0.25, 0.3) is 0 Å². The van der Waals surface area contributed by atoms with Crippen molar-refractivity contribution >= 4 is 30.7 Å². The second-order valence-electron chi connectivity index (χ2n) is 5.88. The normalized spacial score (nSPS) is 15.7. The van der Waals surface area contributed by atoms with Crippen molar-refractivity contribution < 1.29 is 0 Å². The van der Waals surface area contributed by atoms with Crippen molar-refractivity contribution in [3.63, 3.8) is 0 Å². The van der Waals surface area contributed by atoms with E-state index in [1.54, 1.807) is 0 Å². The van der Waals surface area contributed by atoms with Crippen LogP contribution >= 0.6 is 0 Å². The minimum Gasteiger partial charge on any atom is -0.342 e. The van der Waals surface area contributed by atoms with Crippen molar-refractivity contribution in [2.45, 2.75) is 52.6 Å². The molecule has 0 aliphatic heterocycles. The molecule has 0 atom stereocenters. The molecule has 0 aromatic rings. The monoisotopic (exact) mass is 234 g/mol. The summed E-state index contributed by atoms with van der Waals surface area (Å²) in [6.07, 6.45) is 0. The van der Waals surface area contributed by atoms with Gasteiger partial charge in [-0.1, -0.05) is 0 Å².